The molecule has 26 heavy (non-hydrogen) atoms. The maximum atomic E-state index is 11.1. The lowest BCUT2D eigenvalue weighted by molar-refractivity contribution is -0.135. The van der Waals surface area contributed by atoms with E-state index in [-0.39, 0.29) is 17.0 Å². The number of carboxylic acid groups (broad SMARTS) is 1. The number of hydrogen-bond donors (Lipinski definition) is 3. The van der Waals surface area contributed by atoms with E-state index in [4.69, 9.17) is 19.4 Å². The van der Waals surface area contributed by atoms with Gasteiger partial charge in [-0.25, -0.2) is 0 Å². The van der Waals surface area contributed by atoms with Crippen LogP contribution in [0.1, 0.15) is 53.2 Å². The molecule has 0 saturated heterocycles. The van der Waals surface area contributed by atoms with E-state index in [0.29, 0.717) is 12.1 Å². The minimum atomic E-state index is -0.833. The maximum Gasteiger partial charge on any atom is 0.308 e. The average Bonchev–Trinajstić information content (AvgIpc) is 2.41. The zero-order valence-corrected chi connectivity index (χ0v) is 16.0. The first-order chi connectivity index (χ1) is 11.8. The molecule has 1 atom stereocenters. The normalized spacial score (nSPS) is 11.7. The van der Waals surface area contributed by atoms with E-state index in [2.05, 4.69) is 5.32 Å². The molecule has 146 valence electrons. The van der Waals surface area contributed by atoms with Crippen molar-refractivity contribution in [3.05, 3.63) is 23.8 Å². The molecule has 8 heteroatoms. The maximum absolute atomic E-state index is 11.1. The molecule has 0 aromatic heterocycles. The Bertz CT molecular complexity index is 597. The molecule has 1 unspecified atom stereocenters. The van der Waals surface area contributed by atoms with Gasteiger partial charge in [0.05, 0.1) is 6.10 Å². The van der Waals surface area contributed by atoms with Crippen molar-refractivity contribution in [1.82, 2.24) is 5.32 Å². The lowest BCUT2D eigenvalue weighted by Gasteiger charge is -2.23. The van der Waals surface area contributed by atoms with Gasteiger partial charge in [0, 0.05) is 38.9 Å². The Morgan fingerprint density at radius 1 is 1.00 bits per heavy atom. The second-order valence-corrected chi connectivity index (χ2v) is 6.59. The molecule has 0 saturated carbocycles. The van der Waals surface area contributed by atoms with Crippen molar-refractivity contribution >= 4 is 17.9 Å². The molecule has 1 rings (SSSR count). The number of ether oxygens (including phenoxy) is 2. The number of carbonyl (C=O) groups is 3. The summed E-state index contributed by atoms with van der Waals surface area (Å²) in [6.45, 7) is 9.90. The van der Waals surface area contributed by atoms with Gasteiger partial charge in [-0.2, -0.15) is 0 Å². The third-order valence-corrected chi connectivity index (χ3v) is 2.64. The van der Waals surface area contributed by atoms with Crippen LogP contribution in [0.3, 0.4) is 0 Å². The standard InChI is InChI=1S/C16H23NO5.C2H4O2/c1-10(18)21-13-6-12(7-14(8-13)22-11(2)19)15(20)9-17-16(3,4)5;1-2(3)4/h6-8,15,17,20H,9H2,1-5H3;1H3,(H,3,4). The molecule has 0 heterocycles. The molecule has 0 fully saturated rings. The number of carbonyl (C=O) groups excluding carboxylic acids is 2. The Morgan fingerprint density at radius 3 is 1.69 bits per heavy atom. The molecule has 0 bridgehead atoms. The average molecular weight is 369 g/mol. The molecule has 0 spiro atoms. The van der Waals surface area contributed by atoms with Crippen LogP contribution in [0.25, 0.3) is 0 Å². The third-order valence-electron chi connectivity index (χ3n) is 2.64. The second kappa shape index (κ2) is 10.5. The van der Waals surface area contributed by atoms with Crippen molar-refractivity contribution in [3.8, 4) is 11.5 Å². The fraction of sp³-hybridized carbons (Fsp3) is 0.500. The molecule has 0 amide bonds. The van der Waals surface area contributed by atoms with Gasteiger partial charge in [0.2, 0.25) is 0 Å². The highest BCUT2D eigenvalue weighted by molar-refractivity contribution is 5.71. The van der Waals surface area contributed by atoms with Crippen molar-refractivity contribution in [3.63, 3.8) is 0 Å². The number of aliphatic hydroxyl groups is 1. The lowest BCUT2D eigenvalue weighted by Crippen LogP contribution is -2.38. The molecule has 1 aromatic rings. The summed E-state index contributed by atoms with van der Waals surface area (Å²) in [5.74, 6) is -1.38. The number of rotatable bonds is 5. The monoisotopic (exact) mass is 369 g/mol. The highest BCUT2D eigenvalue weighted by Crippen LogP contribution is 2.27. The molecule has 0 aliphatic rings. The van der Waals surface area contributed by atoms with Crippen LogP contribution in [-0.2, 0) is 14.4 Å². The number of β-amino-alcohol motifs (C(OH)–C–C–N with tert-alkyl or cyclic N) is 1. The number of hydrogen-bond acceptors (Lipinski definition) is 7. The summed E-state index contributed by atoms with van der Waals surface area (Å²) < 4.78 is 10.0. The topological polar surface area (TPSA) is 122 Å². The number of nitrogens with one attached hydrogen (secondary N) is 1. The van der Waals surface area contributed by atoms with E-state index >= 15 is 0 Å². The Labute approximate surface area is 153 Å². The predicted octanol–water partition coefficient (Wildman–Crippen LogP) is 2.05. The van der Waals surface area contributed by atoms with Crippen LogP contribution >= 0.6 is 0 Å². The molecular weight excluding hydrogens is 342 g/mol. The van der Waals surface area contributed by atoms with Gasteiger partial charge < -0.3 is 25.0 Å². The fourth-order valence-corrected chi connectivity index (χ4v) is 1.76. The smallest absolute Gasteiger partial charge is 0.308 e. The molecule has 8 nitrogen and oxygen atoms in total. The molecule has 0 aliphatic carbocycles. The van der Waals surface area contributed by atoms with Gasteiger partial charge in [0.15, 0.2) is 0 Å². The third kappa shape index (κ3) is 12.0. The van der Waals surface area contributed by atoms with Gasteiger partial charge in [0.25, 0.3) is 5.97 Å². The Hall–Kier alpha value is -2.45. The van der Waals surface area contributed by atoms with Gasteiger partial charge in [0.1, 0.15) is 11.5 Å². The van der Waals surface area contributed by atoms with Crippen molar-refractivity contribution in [1.29, 1.82) is 0 Å². The largest absolute Gasteiger partial charge is 0.481 e. The minimum absolute atomic E-state index is 0.146. The van der Waals surface area contributed by atoms with Gasteiger partial charge in [-0.05, 0) is 38.5 Å². The minimum Gasteiger partial charge on any atom is -0.481 e. The fourth-order valence-electron chi connectivity index (χ4n) is 1.76. The van der Waals surface area contributed by atoms with Gasteiger partial charge in [-0.15, -0.1) is 0 Å². The Morgan fingerprint density at radius 2 is 1.38 bits per heavy atom. The summed E-state index contributed by atoms with van der Waals surface area (Å²) in [5, 5.41) is 20.8. The lowest BCUT2D eigenvalue weighted by atomic mass is 10.1. The summed E-state index contributed by atoms with van der Waals surface area (Å²) in [6.07, 6.45) is -0.830. The summed E-state index contributed by atoms with van der Waals surface area (Å²) in [6, 6.07) is 4.52. The first-order valence-corrected chi connectivity index (χ1v) is 7.94. The Balaban J connectivity index is 0.00000141. The van der Waals surface area contributed by atoms with Crippen LogP contribution < -0.4 is 14.8 Å². The first kappa shape index (κ1) is 23.5. The molecule has 0 aliphatic heterocycles. The Kier molecular flexibility index (Phi) is 9.53. The summed E-state index contributed by atoms with van der Waals surface area (Å²) in [5.41, 5.74) is 0.347. The second-order valence-electron chi connectivity index (χ2n) is 6.59. The van der Waals surface area contributed by atoms with Gasteiger partial charge in [-0.3, -0.25) is 14.4 Å². The molecule has 0 radical (unpaired) electrons. The first-order valence-electron chi connectivity index (χ1n) is 7.94. The zero-order chi connectivity index (χ0) is 20.5. The van der Waals surface area contributed by atoms with Crippen LogP contribution in [0.15, 0.2) is 18.2 Å². The van der Waals surface area contributed by atoms with Crippen molar-refractivity contribution in [2.75, 3.05) is 6.54 Å². The predicted molar refractivity (Wildman–Crippen MR) is 95.1 cm³/mol. The molecule has 3 N–H and O–H groups in total. The molecular formula is C18H27NO7. The highest BCUT2D eigenvalue weighted by atomic mass is 16.5. The van der Waals surface area contributed by atoms with Crippen LogP contribution in [0, 0.1) is 0 Å². The van der Waals surface area contributed by atoms with Gasteiger partial charge in [-0.1, -0.05) is 0 Å². The van der Waals surface area contributed by atoms with E-state index in [9.17, 15) is 14.7 Å². The van der Waals surface area contributed by atoms with Crippen LogP contribution in [0.4, 0.5) is 0 Å². The van der Waals surface area contributed by atoms with E-state index in [0.717, 1.165) is 6.92 Å². The van der Waals surface area contributed by atoms with Gasteiger partial charge >= 0.3 is 11.9 Å². The summed E-state index contributed by atoms with van der Waals surface area (Å²) >= 11 is 0. The zero-order valence-electron chi connectivity index (χ0n) is 16.0. The van der Waals surface area contributed by atoms with Crippen LogP contribution in [-0.4, -0.2) is 40.2 Å². The van der Waals surface area contributed by atoms with E-state index in [1.54, 1.807) is 12.1 Å². The molecule has 1 aromatic carbocycles. The number of aliphatic carboxylic acids is 1. The van der Waals surface area contributed by atoms with Crippen LogP contribution in [0.5, 0.6) is 11.5 Å². The SMILES string of the molecule is CC(=O)O.CC(=O)Oc1cc(OC(C)=O)cc(C(O)CNC(C)(C)C)c1. The van der Waals surface area contributed by atoms with E-state index < -0.39 is 24.0 Å². The highest BCUT2D eigenvalue weighted by Gasteiger charge is 2.16. The number of esters is 2. The number of carboxylic acids is 1. The summed E-state index contributed by atoms with van der Waals surface area (Å²) in [7, 11) is 0. The number of aliphatic hydroxyl groups excluding tert-OH is 1. The van der Waals surface area contributed by atoms with E-state index in [1.165, 1.54) is 19.9 Å². The quantitative estimate of drug-likeness (QED) is 0.532. The van der Waals surface area contributed by atoms with Crippen molar-refractivity contribution in [2.24, 2.45) is 0 Å². The van der Waals surface area contributed by atoms with Crippen molar-refractivity contribution < 1.29 is 34.1 Å². The van der Waals surface area contributed by atoms with E-state index in [1.807, 2.05) is 20.8 Å². The number of benzene rings is 1. The summed E-state index contributed by atoms with van der Waals surface area (Å²) in [4.78, 5) is 31.2. The van der Waals surface area contributed by atoms with Crippen molar-refractivity contribution in [2.45, 2.75) is 53.2 Å². The van der Waals surface area contributed by atoms with Crippen LogP contribution in [0.2, 0.25) is 0 Å².